The number of amides is 1. The predicted molar refractivity (Wildman–Crippen MR) is 128 cm³/mol. The van der Waals surface area contributed by atoms with Gasteiger partial charge in [-0.1, -0.05) is 12.1 Å². The highest BCUT2D eigenvalue weighted by Gasteiger charge is 2.27. The maximum absolute atomic E-state index is 12.8. The monoisotopic (exact) mass is 448 g/mol. The molecule has 0 unspecified atom stereocenters. The average molecular weight is 449 g/mol. The van der Waals surface area contributed by atoms with E-state index in [2.05, 4.69) is 10.1 Å². The number of benzene rings is 1. The van der Waals surface area contributed by atoms with Crippen LogP contribution in [0.4, 0.5) is 5.95 Å². The summed E-state index contributed by atoms with van der Waals surface area (Å²) in [6.07, 6.45) is 6.09. The van der Waals surface area contributed by atoms with Crippen LogP contribution in [0.2, 0.25) is 0 Å². The second-order valence-corrected chi connectivity index (χ2v) is 8.72. The minimum Gasteiger partial charge on any atom is -0.497 e. The van der Waals surface area contributed by atoms with Crippen LogP contribution >= 0.6 is 0 Å². The summed E-state index contributed by atoms with van der Waals surface area (Å²) >= 11 is 0. The molecule has 2 aromatic heterocycles. The molecular formula is C25H32N6O2. The van der Waals surface area contributed by atoms with Crippen molar-refractivity contribution in [2.24, 2.45) is 0 Å². The lowest BCUT2D eigenvalue weighted by Crippen LogP contribution is -2.38. The van der Waals surface area contributed by atoms with Crippen LogP contribution in [0.15, 0.2) is 42.7 Å². The zero-order chi connectivity index (χ0) is 23.4. The Morgan fingerprint density at radius 3 is 2.48 bits per heavy atom. The normalized spacial score (nSPS) is 14.4. The van der Waals surface area contributed by atoms with Gasteiger partial charge in [0.25, 0.3) is 0 Å². The first-order valence-corrected chi connectivity index (χ1v) is 11.4. The van der Waals surface area contributed by atoms with Crippen molar-refractivity contribution in [3.63, 3.8) is 0 Å². The molecule has 0 N–H and O–H groups in total. The lowest BCUT2D eigenvalue weighted by atomic mass is 9.88. The highest BCUT2D eigenvalue weighted by atomic mass is 16.5. The molecule has 0 atom stereocenters. The Morgan fingerprint density at radius 2 is 1.88 bits per heavy atom. The number of piperidine rings is 1. The predicted octanol–water partition coefficient (Wildman–Crippen LogP) is 3.52. The lowest BCUT2D eigenvalue weighted by molar-refractivity contribution is -0.132. The minimum atomic E-state index is 0.189. The molecular weight excluding hydrogens is 416 g/mol. The average Bonchev–Trinajstić information content (AvgIpc) is 3.27. The first kappa shape index (κ1) is 22.8. The molecule has 1 aromatic carbocycles. The number of carbonyl (C=O) groups excluding carboxylic acids is 1. The summed E-state index contributed by atoms with van der Waals surface area (Å²) in [5.74, 6) is 1.99. The second-order valence-electron chi connectivity index (χ2n) is 8.72. The van der Waals surface area contributed by atoms with Crippen molar-refractivity contribution in [3.8, 4) is 16.9 Å². The Balaban J connectivity index is 1.47. The number of ether oxygens (including phenoxy) is 1. The maximum atomic E-state index is 12.8. The fraction of sp³-hybridized carbons (Fsp3) is 0.440. The zero-order valence-corrected chi connectivity index (χ0v) is 19.9. The van der Waals surface area contributed by atoms with E-state index < -0.39 is 0 Å². The molecule has 0 spiro atoms. The van der Waals surface area contributed by atoms with Gasteiger partial charge in [-0.15, -0.1) is 0 Å². The van der Waals surface area contributed by atoms with Gasteiger partial charge in [0, 0.05) is 64.0 Å². The van der Waals surface area contributed by atoms with Crippen LogP contribution < -0.4 is 9.64 Å². The maximum Gasteiger partial charge on any atom is 0.225 e. The van der Waals surface area contributed by atoms with E-state index in [0.29, 0.717) is 18.9 Å². The van der Waals surface area contributed by atoms with Crippen molar-refractivity contribution < 1.29 is 9.53 Å². The zero-order valence-electron chi connectivity index (χ0n) is 19.9. The van der Waals surface area contributed by atoms with Gasteiger partial charge in [0.1, 0.15) is 5.75 Å². The molecule has 1 fully saturated rings. The third-order valence-electron chi connectivity index (χ3n) is 6.17. The molecule has 3 heterocycles. The SMILES string of the molecule is COc1ccc(-c2cnc(N(C)C)nc2C2CCN(C(=O)CCn3ccc(C)n3)CC2)cc1. The summed E-state index contributed by atoms with van der Waals surface area (Å²) < 4.78 is 7.14. The van der Waals surface area contributed by atoms with Crippen LogP contribution in [0.1, 0.15) is 36.6 Å². The number of aromatic nitrogens is 4. The number of nitrogens with zero attached hydrogens (tertiary/aromatic N) is 6. The van der Waals surface area contributed by atoms with E-state index in [1.165, 1.54) is 0 Å². The minimum absolute atomic E-state index is 0.189. The third kappa shape index (κ3) is 5.32. The molecule has 1 aliphatic heterocycles. The Labute approximate surface area is 195 Å². The van der Waals surface area contributed by atoms with Gasteiger partial charge >= 0.3 is 0 Å². The van der Waals surface area contributed by atoms with Crippen LogP contribution in [0.3, 0.4) is 0 Å². The topological polar surface area (TPSA) is 76.4 Å². The van der Waals surface area contributed by atoms with Crippen molar-refractivity contribution in [3.05, 3.63) is 54.1 Å². The molecule has 174 valence electrons. The Bertz CT molecular complexity index is 1080. The molecule has 3 aromatic rings. The molecule has 8 heteroatoms. The highest BCUT2D eigenvalue weighted by molar-refractivity contribution is 5.76. The van der Waals surface area contributed by atoms with Crippen LogP contribution in [0, 0.1) is 6.92 Å². The number of rotatable bonds is 7. The molecule has 4 rings (SSSR count). The standard InChI is InChI=1S/C25H32N6O2/c1-18-9-15-31(28-18)16-12-23(32)30-13-10-20(11-14-30)24-22(17-26-25(27-24)29(2)3)19-5-7-21(33-4)8-6-19/h5-9,15,17,20H,10-14,16H2,1-4H3. The van der Waals surface area contributed by atoms with Gasteiger partial charge in [0.05, 0.1) is 18.5 Å². The molecule has 8 nitrogen and oxygen atoms in total. The summed E-state index contributed by atoms with van der Waals surface area (Å²) in [4.78, 5) is 26.2. The summed E-state index contributed by atoms with van der Waals surface area (Å²) in [6, 6.07) is 9.97. The molecule has 1 amide bonds. The summed E-state index contributed by atoms with van der Waals surface area (Å²) in [6.45, 7) is 4.06. The Kier molecular flexibility index (Phi) is 6.91. The van der Waals surface area contributed by atoms with Crippen molar-refractivity contribution in [1.82, 2.24) is 24.6 Å². The number of carbonyl (C=O) groups is 1. The van der Waals surface area contributed by atoms with Gasteiger partial charge in [-0.25, -0.2) is 9.97 Å². The Hall–Kier alpha value is -3.42. The first-order chi connectivity index (χ1) is 15.9. The van der Waals surface area contributed by atoms with Gasteiger partial charge < -0.3 is 14.5 Å². The lowest BCUT2D eigenvalue weighted by Gasteiger charge is -2.33. The molecule has 0 radical (unpaired) electrons. The van der Waals surface area contributed by atoms with Crippen LogP contribution in [-0.4, -0.2) is 64.9 Å². The quantitative estimate of drug-likeness (QED) is 0.551. The Morgan fingerprint density at radius 1 is 1.15 bits per heavy atom. The fourth-order valence-corrected chi connectivity index (χ4v) is 4.26. The molecule has 0 aliphatic carbocycles. The van der Waals surface area contributed by atoms with E-state index in [0.717, 1.165) is 54.2 Å². The van der Waals surface area contributed by atoms with Gasteiger partial charge in [-0.3, -0.25) is 9.48 Å². The van der Waals surface area contributed by atoms with Crippen LogP contribution in [0.5, 0.6) is 5.75 Å². The number of likely N-dealkylation sites (tertiary alicyclic amines) is 1. The van der Waals surface area contributed by atoms with Crippen molar-refractivity contribution in [2.45, 2.75) is 38.6 Å². The molecule has 0 bridgehead atoms. The molecule has 1 aliphatic rings. The van der Waals surface area contributed by atoms with Gasteiger partial charge in [-0.2, -0.15) is 5.10 Å². The fourth-order valence-electron chi connectivity index (χ4n) is 4.26. The van der Waals surface area contributed by atoms with E-state index in [1.807, 2.05) is 78.2 Å². The number of hydrogen-bond acceptors (Lipinski definition) is 6. The van der Waals surface area contributed by atoms with E-state index in [4.69, 9.17) is 9.72 Å². The number of hydrogen-bond donors (Lipinski definition) is 0. The smallest absolute Gasteiger partial charge is 0.225 e. The van der Waals surface area contributed by atoms with Crippen LogP contribution in [0.25, 0.3) is 11.1 Å². The third-order valence-corrected chi connectivity index (χ3v) is 6.17. The van der Waals surface area contributed by atoms with E-state index in [-0.39, 0.29) is 11.8 Å². The second kappa shape index (κ2) is 10.0. The van der Waals surface area contributed by atoms with Crippen molar-refractivity contribution in [2.75, 3.05) is 39.2 Å². The van der Waals surface area contributed by atoms with Gasteiger partial charge in [0.2, 0.25) is 11.9 Å². The van der Waals surface area contributed by atoms with E-state index in [1.54, 1.807) is 7.11 Å². The molecule has 1 saturated heterocycles. The molecule has 0 saturated carbocycles. The van der Waals surface area contributed by atoms with Crippen LogP contribution in [-0.2, 0) is 11.3 Å². The number of anilines is 1. The highest BCUT2D eigenvalue weighted by Crippen LogP contribution is 2.35. The summed E-state index contributed by atoms with van der Waals surface area (Å²) in [7, 11) is 5.57. The number of methoxy groups -OCH3 is 1. The largest absolute Gasteiger partial charge is 0.497 e. The van der Waals surface area contributed by atoms with E-state index in [9.17, 15) is 4.79 Å². The number of aryl methyl sites for hydroxylation is 2. The van der Waals surface area contributed by atoms with E-state index >= 15 is 0 Å². The first-order valence-electron chi connectivity index (χ1n) is 11.4. The molecule has 33 heavy (non-hydrogen) atoms. The van der Waals surface area contributed by atoms with Gasteiger partial charge in [-0.05, 0) is 43.5 Å². The van der Waals surface area contributed by atoms with Crippen molar-refractivity contribution in [1.29, 1.82) is 0 Å². The summed E-state index contributed by atoms with van der Waals surface area (Å²) in [5.41, 5.74) is 4.14. The summed E-state index contributed by atoms with van der Waals surface area (Å²) in [5, 5.41) is 4.37. The van der Waals surface area contributed by atoms with Gasteiger partial charge in [0.15, 0.2) is 0 Å². The van der Waals surface area contributed by atoms with Crippen molar-refractivity contribution >= 4 is 11.9 Å².